The number of aliphatic hydroxyl groups is 1. The molecular formula is C21H22N2O2. The van der Waals surface area contributed by atoms with Gasteiger partial charge in [0.05, 0.1) is 12.3 Å². The molecule has 0 aliphatic heterocycles. The summed E-state index contributed by atoms with van der Waals surface area (Å²) in [6.45, 7) is 1.91. The van der Waals surface area contributed by atoms with E-state index in [1.54, 1.807) is 17.3 Å². The predicted octanol–water partition coefficient (Wildman–Crippen LogP) is 3.93. The molecule has 0 radical (unpaired) electrons. The lowest BCUT2D eigenvalue weighted by Gasteiger charge is -2.26. The number of likely N-dealkylation sites (N-methyl/N-ethyl adjacent to an activating group) is 1. The highest BCUT2D eigenvalue weighted by atomic mass is 16.3. The van der Waals surface area contributed by atoms with Gasteiger partial charge in [0.2, 0.25) is 0 Å². The number of nitrogens with zero attached hydrogens (tertiary/aromatic N) is 2. The number of phenols is 1. The van der Waals surface area contributed by atoms with E-state index in [4.69, 9.17) is 0 Å². The van der Waals surface area contributed by atoms with Crippen molar-refractivity contribution in [1.29, 1.82) is 0 Å². The quantitative estimate of drug-likeness (QED) is 0.549. The van der Waals surface area contributed by atoms with E-state index in [-0.39, 0.29) is 11.8 Å². The van der Waals surface area contributed by atoms with Gasteiger partial charge in [-0.25, -0.2) is 0 Å². The second kappa shape index (κ2) is 7.36. The summed E-state index contributed by atoms with van der Waals surface area (Å²) >= 11 is 0. The fourth-order valence-electron chi connectivity index (χ4n) is 2.81. The van der Waals surface area contributed by atoms with Crippen molar-refractivity contribution in [2.24, 2.45) is 5.10 Å². The van der Waals surface area contributed by atoms with Crippen molar-refractivity contribution in [3.05, 3.63) is 77.9 Å². The lowest BCUT2D eigenvalue weighted by molar-refractivity contribution is 0.0748. The molecule has 0 fully saturated rings. The summed E-state index contributed by atoms with van der Waals surface area (Å²) in [6, 6.07) is 20.7. The van der Waals surface area contributed by atoms with Gasteiger partial charge in [-0.05, 0) is 29.3 Å². The first-order chi connectivity index (χ1) is 12.1. The van der Waals surface area contributed by atoms with Crippen molar-refractivity contribution in [1.82, 2.24) is 5.01 Å². The number of phenolic OH excluding ortho intramolecular Hbond substituents is 1. The molecule has 0 aliphatic carbocycles. The van der Waals surface area contributed by atoms with Crippen LogP contribution in [0.5, 0.6) is 5.75 Å². The van der Waals surface area contributed by atoms with Crippen LogP contribution in [-0.2, 0) is 0 Å². The Morgan fingerprint density at radius 1 is 0.960 bits per heavy atom. The number of hydrogen-bond acceptors (Lipinski definition) is 4. The maximum Gasteiger partial charge on any atom is 0.125 e. The molecule has 128 valence electrons. The molecule has 0 amide bonds. The van der Waals surface area contributed by atoms with Gasteiger partial charge in [0.25, 0.3) is 0 Å². The molecule has 2 N–H and O–H groups in total. The van der Waals surface area contributed by atoms with Gasteiger partial charge in [0.1, 0.15) is 11.9 Å². The standard InChI is InChI=1S/C21H22N2O2/c1-15(21(25)17-9-4-3-5-10-17)23(2)22-14-19-18-11-7-6-8-16(18)12-13-20(19)24/h3-15,21,24-25H,1-2H3/b22-14+/t15-,21+/m0/s1. The van der Waals surface area contributed by atoms with E-state index < -0.39 is 6.10 Å². The van der Waals surface area contributed by atoms with Gasteiger partial charge in [-0.3, -0.25) is 5.01 Å². The van der Waals surface area contributed by atoms with Crippen molar-refractivity contribution in [2.75, 3.05) is 7.05 Å². The molecule has 0 aliphatic rings. The third kappa shape index (κ3) is 3.64. The van der Waals surface area contributed by atoms with Gasteiger partial charge < -0.3 is 10.2 Å². The molecule has 25 heavy (non-hydrogen) atoms. The maximum absolute atomic E-state index is 10.5. The molecule has 0 saturated heterocycles. The van der Waals surface area contributed by atoms with Gasteiger partial charge in [-0.1, -0.05) is 60.7 Å². The second-order valence-corrected chi connectivity index (χ2v) is 6.13. The fraction of sp³-hybridized carbons (Fsp3) is 0.190. The first-order valence-electron chi connectivity index (χ1n) is 8.28. The number of aromatic hydroxyl groups is 1. The zero-order chi connectivity index (χ0) is 17.8. The number of fused-ring (bicyclic) bond motifs is 1. The molecule has 0 saturated carbocycles. The Kier molecular flexibility index (Phi) is 5.00. The van der Waals surface area contributed by atoms with Crippen molar-refractivity contribution in [3.63, 3.8) is 0 Å². The Morgan fingerprint density at radius 2 is 1.64 bits per heavy atom. The third-order valence-corrected chi connectivity index (χ3v) is 4.50. The molecule has 0 bridgehead atoms. The monoisotopic (exact) mass is 334 g/mol. The molecule has 0 unspecified atom stereocenters. The minimum Gasteiger partial charge on any atom is -0.507 e. The number of hydrazone groups is 1. The third-order valence-electron chi connectivity index (χ3n) is 4.50. The molecule has 0 aromatic heterocycles. The van der Waals surface area contributed by atoms with Crippen molar-refractivity contribution in [3.8, 4) is 5.75 Å². The molecular weight excluding hydrogens is 312 g/mol. The highest BCUT2D eigenvalue weighted by Gasteiger charge is 2.19. The van der Waals surface area contributed by atoms with Crippen LogP contribution in [0, 0.1) is 0 Å². The molecule has 2 atom stereocenters. The van der Waals surface area contributed by atoms with E-state index in [2.05, 4.69) is 5.10 Å². The predicted molar refractivity (Wildman–Crippen MR) is 102 cm³/mol. The molecule has 0 spiro atoms. The van der Waals surface area contributed by atoms with Gasteiger partial charge in [0, 0.05) is 12.6 Å². The van der Waals surface area contributed by atoms with E-state index >= 15 is 0 Å². The lowest BCUT2D eigenvalue weighted by Crippen LogP contribution is -2.30. The first-order valence-corrected chi connectivity index (χ1v) is 8.28. The van der Waals surface area contributed by atoms with E-state index in [9.17, 15) is 10.2 Å². The summed E-state index contributed by atoms with van der Waals surface area (Å²) < 4.78 is 0. The van der Waals surface area contributed by atoms with E-state index in [1.807, 2.05) is 74.6 Å². The van der Waals surface area contributed by atoms with Crippen molar-refractivity contribution >= 4 is 17.0 Å². The average Bonchev–Trinajstić information content (AvgIpc) is 2.66. The van der Waals surface area contributed by atoms with Crippen LogP contribution in [0.4, 0.5) is 0 Å². The topological polar surface area (TPSA) is 56.1 Å². The van der Waals surface area contributed by atoms with E-state index in [0.717, 1.165) is 16.3 Å². The van der Waals surface area contributed by atoms with E-state index in [1.165, 1.54) is 0 Å². The second-order valence-electron chi connectivity index (χ2n) is 6.13. The van der Waals surface area contributed by atoms with Crippen molar-refractivity contribution in [2.45, 2.75) is 19.1 Å². The Morgan fingerprint density at radius 3 is 2.40 bits per heavy atom. The zero-order valence-corrected chi connectivity index (χ0v) is 14.4. The average molecular weight is 334 g/mol. The molecule has 4 nitrogen and oxygen atoms in total. The van der Waals surface area contributed by atoms with Crippen LogP contribution in [0.15, 0.2) is 71.8 Å². The van der Waals surface area contributed by atoms with Crippen LogP contribution in [0.1, 0.15) is 24.2 Å². The van der Waals surface area contributed by atoms with Crippen LogP contribution < -0.4 is 0 Å². The van der Waals surface area contributed by atoms with Crippen LogP contribution >= 0.6 is 0 Å². The lowest BCUT2D eigenvalue weighted by atomic mass is 10.0. The number of benzene rings is 3. The van der Waals surface area contributed by atoms with Gasteiger partial charge in [0.15, 0.2) is 0 Å². The maximum atomic E-state index is 10.5. The Hall–Kier alpha value is -2.85. The highest BCUT2D eigenvalue weighted by Crippen LogP contribution is 2.26. The minimum atomic E-state index is -0.649. The summed E-state index contributed by atoms with van der Waals surface area (Å²) in [5.41, 5.74) is 1.52. The SMILES string of the molecule is C[C@@H]([C@@H](O)c1ccccc1)N(C)/N=C/c1c(O)ccc2ccccc12. The number of hydrogen-bond donors (Lipinski definition) is 2. The summed E-state index contributed by atoms with van der Waals surface area (Å²) in [6.07, 6.45) is 0.996. The van der Waals surface area contributed by atoms with Crippen LogP contribution in [0.2, 0.25) is 0 Å². The molecule has 3 rings (SSSR count). The zero-order valence-electron chi connectivity index (χ0n) is 14.4. The molecule has 4 heteroatoms. The Balaban J connectivity index is 1.83. The normalized spacial score (nSPS) is 13.9. The highest BCUT2D eigenvalue weighted by molar-refractivity contribution is 6.02. The van der Waals surface area contributed by atoms with Crippen LogP contribution in [-0.4, -0.2) is 34.5 Å². The van der Waals surface area contributed by atoms with Crippen molar-refractivity contribution < 1.29 is 10.2 Å². The molecule has 0 heterocycles. The minimum absolute atomic E-state index is 0.187. The number of aliphatic hydroxyl groups excluding tert-OH is 1. The van der Waals surface area contributed by atoms with E-state index in [0.29, 0.717) is 5.56 Å². The largest absolute Gasteiger partial charge is 0.507 e. The Labute approximate surface area is 147 Å². The molecule has 3 aromatic rings. The number of rotatable bonds is 5. The first kappa shape index (κ1) is 17.0. The fourth-order valence-corrected chi connectivity index (χ4v) is 2.81. The van der Waals surface area contributed by atoms with Gasteiger partial charge in [-0.2, -0.15) is 5.10 Å². The van der Waals surface area contributed by atoms with Crippen LogP contribution in [0.3, 0.4) is 0 Å². The Bertz CT molecular complexity index is 877. The summed E-state index contributed by atoms with van der Waals surface area (Å²) in [7, 11) is 1.81. The summed E-state index contributed by atoms with van der Waals surface area (Å²) in [5, 5.41) is 28.8. The summed E-state index contributed by atoms with van der Waals surface area (Å²) in [5.74, 6) is 0.187. The van der Waals surface area contributed by atoms with Gasteiger partial charge in [-0.15, -0.1) is 0 Å². The van der Waals surface area contributed by atoms with Gasteiger partial charge >= 0.3 is 0 Å². The molecule has 3 aromatic carbocycles. The van der Waals surface area contributed by atoms with Crippen LogP contribution in [0.25, 0.3) is 10.8 Å². The smallest absolute Gasteiger partial charge is 0.125 e. The summed E-state index contributed by atoms with van der Waals surface area (Å²) in [4.78, 5) is 0.